The van der Waals surface area contributed by atoms with Crippen LogP contribution in [0.1, 0.15) is 25.3 Å². The van der Waals surface area contributed by atoms with Crippen LogP contribution in [0.4, 0.5) is 4.39 Å². The molecule has 0 aliphatic heterocycles. The van der Waals surface area contributed by atoms with Crippen molar-refractivity contribution in [3.63, 3.8) is 0 Å². The minimum Gasteiger partial charge on any atom is -0.313 e. The van der Waals surface area contributed by atoms with E-state index in [1.54, 1.807) is 6.07 Å². The van der Waals surface area contributed by atoms with Crippen molar-refractivity contribution in [1.29, 1.82) is 0 Å². The summed E-state index contributed by atoms with van der Waals surface area (Å²) in [5, 5.41) is 3.41. The number of nitrogens with one attached hydrogen (secondary N) is 1. The van der Waals surface area contributed by atoms with Crippen molar-refractivity contribution in [1.82, 2.24) is 5.32 Å². The Bertz CT molecular complexity index is 365. The summed E-state index contributed by atoms with van der Waals surface area (Å²) in [4.78, 5) is 0. The predicted octanol–water partition coefficient (Wildman–Crippen LogP) is 4.08. The summed E-state index contributed by atoms with van der Waals surface area (Å²) < 4.78 is 14.5. The van der Waals surface area contributed by atoms with Crippen LogP contribution < -0.4 is 5.32 Å². The maximum Gasteiger partial charge on any atom is 0.126 e. The number of hydrogen-bond acceptors (Lipinski definition) is 1. The molecule has 0 aliphatic rings. The molecule has 17 heavy (non-hydrogen) atoms. The van der Waals surface area contributed by atoms with Crippen LogP contribution in [0.15, 0.2) is 35.3 Å². The molecule has 1 aromatic rings. The molecule has 1 rings (SSSR count). The Labute approximate surface area is 111 Å². The highest BCUT2D eigenvalue weighted by molar-refractivity contribution is 9.10. The van der Waals surface area contributed by atoms with Crippen LogP contribution in [0.2, 0.25) is 0 Å². The molecule has 1 atom stereocenters. The monoisotopic (exact) mass is 299 g/mol. The zero-order valence-electron chi connectivity index (χ0n) is 10.2. The highest BCUT2D eigenvalue weighted by atomic mass is 79.9. The largest absolute Gasteiger partial charge is 0.313 e. The third kappa shape index (κ3) is 5.00. The topological polar surface area (TPSA) is 12.0 Å². The van der Waals surface area contributed by atoms with Gasteiger partial charge >= 0.3 is 0 Å². The minimum absolute atomic E-state index is 0.138. The normalized spacial score (nSPS) is 12.4. The van der Waals surface area contributed by atoms with Gasteiger partial charge in [-0.2, -0.15) is 0 Å². The smallest absolute Gasteiger partial charge is 0.126 e. The molecular weight excluding hydrogens is 281 g/mol. The van der Waals surface area contributed by atoms with Crippen LogP contribution in [0.5, 0.6) is 0 Å². The van der Waals surface area contributed by atoms with Crippen molar-refractivity contribution < 1.29 is 4.39 Å². The lowest BCUT2D eigenvalue weighted by Gasteiger charge is -2.17. The van der Waals surface area contributed by atoms with Crippen molar-refractivity contribution in [2.45, 2.75) is 32.2 Å². The highest BCUT2D eigenvalue weighted by Gasteiger charge is 2.10. The first-order valence-electron chi connectivity index (χ1n) is 5.95. The summed E-state index contributed by atoms with van der Waals surface area (Å²) in [7, 11) is 0. The molecule has 0 saturated heterocycles. The van der Waals surface area contributed by atoms with Crippen LogP contribution in [-0.4, -0.2) is 12.6 Å². The number of rotatable bonds is 7. The quantitative estimate of drug-likeness (QED) is 0.748. The average molecular weight is 300 g/mol. The van der Waals surface area contributed by atoms with Crippen LogP contribution in [0.3, 0.4) is 0 Å². The summed E-state index contributed by atoms with van der Waals surface area (Å²) in [6.07, 6.45) is 4.50. The SMILES string of the molecule is C=CCC(Cc1cc(Br)ccc1F)NCCC. The summed E-state index contributed by atoms with van der Waals surface area (Å²) >= 11 is 3.37. The van der Waals surface area contributed by atoms with Gasteiger partial charge in [-0.05, 0) is 49.6 Å². The second-order valence-corrected chi connectivity index (χ2v) is 5.03. The van der Waals surface area contributed by atoms with Crippen molar-refractivity contribution in [3.05, 3.63) is 46.7 Å². The maximum atomic E-state index is 13.6. The van der Waals surface area contributed by atoms with Crippen molar-refractivity contribution in [2.24, 2.45) is 0 Å². The Hall–Kier alpha value is -0.670. The van der Waals surface area contributed by atoms with Gasteiger partial charge in [0.05, 0.1) is 0 Å². The molecule has 0 fully saturated rings. The summed E-state index contributed by atoms with van der Waals surface area (Å²) in [6, 6.07) is 5.33. The minimum atomic E-state index is -0.138. The lowest BCUT2D eigenvalue weighted by molar-refractivity contribution is 0.498. The Morgan fingerprint density at radius 1 is 1.53 bits per heavy atom. The zero-order chi connectivity index (χ0) is 12.7. The first-order valence-corrected chi connectivity index (χ1v) is 6.74. The van der Waals surface area contributed by atoms with Gasteiger partial charge in [0, 0.05) is 10.5 Å². The van der Waals surface area contributed by atoms with Gasteiger partial charge in [-0.15, -0.1) is 6.58 Å². The molecule has 1 nitrogen and oxygen atoms in total. The van der Waals surface area contributed by atoms with Crippen LogP contribution in [0.25, 0.3) is 0 Å². The molecule has 0 spiro atoms. The van der Waals surface area contributed by atoms with Gasteiger partial charge in [0.1, 0.15) is 5.82 Å². The van der Waals surface area contributed by atoms with Gasteiger partial charge in [0.15, 0.2) is 0 Å². The molecule has 0 aromatic heterocycles. The van der Waals surface area contributed by atoms with Crippen LogP contribution in [-0.2, 0) is 6.42 Å². The van der Waals surface area contributed by atoms with Crippen molar-refractivity contribution in [2.75, 3.05) is 6.54 Å². The molecule has 3 heteroatoms. The van der Waals surface area contributed by atoms with E-state index in [4.69, 9.17) is 0 Å². The molecule has 0 aliphatic carbocycles. The molecule has 1 aromatic carbocycles. The second kappa shape index (κ2) is 7.62. The van der Waals surface area contributed by atoms with Gasteiger partial charge < -0.3 is 5.32 Å². The van der Waals surface area contributed by atoms with Crippen molar-refractivity contribution >= 4 is 15.9 Å². The fourth-order valence-corrected chi connectivity index (χ4v) is 2.16. The third-order valence-corrected chi connectivity index (χ3v) is 3.10. The van der Waals surface area contributed by atoms with E-state index in [-0.39, 0.29) is 11.9 Å². The van der Waals surface area contributed by atoms with Gasteiger partial charge in [-0.3, -0.25) is 0 Å². The lowest BCUT2D eigenvalue weighted by Crippen LogP contribution is -2.31. The van der Waals surface area contributed by atoms with E-state index in [1.165, 1.54) is 6.07 Å². The number of hydrogen-bond donors (Lipinski definition) is 1. The van der Waals surface area contributed by atoms with E-state index in [0.717, 1.165) is 29.4 Å². The van der Waals surface area contributed by atoms with Gasteiger partial charge in [-0.1, -0.05) is 28.9 Å². The first kappa shape index (κ1) is 14.4. The summed E-state index contributed by atoms with van der Waals surface area (Å²) in [5.41, 5.74) is 0.745. The first-order chi connectivity index (χ1) is 8.17. The van der Waals surface area contributed by atoms with Gasteiger partial charge in [0.2, 0.25) is 0 Å². The molecule has 0 heterocycles. The highest BCUT2D eigenvalue weighted by Crippen LogP contribution is 2.17. The Morgan fingerprint density at radius 2 is 2.29 bits per heavy atom. The lowest BCUT2D eigenvalue weighted by atomic mass is 10.0. The maximum absolute atomic E-state index is 13.6. The Morgan fingerprint density at radius 3 is 2.94 bits per heavy atom. The fourth-order valence-electron chi connectivity index (χ4n) is 1.75. The molecule has 0 radical (unpaired) electrons. The zero-order valence-corrected chi connectivity index (χ0v) is 11.8. The average Bonchev–Trinajstić information content (AvgIpc) is 2.31. The van der Waals surface area contributed by atoms with E-state index in [1.807, 2.05) is 12.1 Å². The molecular formula is C14H19BrFN. The van der Waals surface area contributed by atoms with Crippen molar-refractivity contribution in [3.8, 4) is 0 Å². The summed E-state index contributed by atoms with van der Waals surface area (Å²) in [5.74, 6) is -0.138. The third-order valence-electron chi connectivity index (χ3n) is 2.61. The second-order valence-electron chi connectivity index (χ2n) is 4.12. The van der Waals surface area contributed by atoms with Crippen LogP contribution in [0, 0.1) is 5.82 Å². The molecule has 0 bridgehead atoms. The Kier molecular flexibility index (Phi) is 6.45. The summed E-state index contributed by atoms with van der Waals surface area (Å²) in [6.45, 7) is 6.82. The van der Waals surface area contributed by atoms with Gasteiger partial charge in [-0.25, -0.2) is 4.39 Å². The van der Waals surface area contributed by atoms with Crippen LogP contribution >= 0.6 is 15.9 Å². The Balaban J connectivity index is 2.70. The van der Waals surface area contributed by atoms with E-state index in [2.05, 4.69) is 34.7 Å². The predicted molar refractivity (Wildman–Crippen MR) is 74.7 cm³/mol. The van der Waals surface area contributed by atoms with E-state index in [9.17, 15) is 4.39 Å². The number of halogens is 2. The molecule has 1 unspecified atom stereocenters. The molecule has 0 saturated carbocycles. The van der Waals surface area contributed by atoms with E-state index >= 15 is 0 Å². The standard InChI is InChI=1S/C14H19BrFN/c1-3-5-13(17-8-4-2)10-11-9-12(15)6-7-14(11)16/h3,6-7,9,13,17H,1,4-5,8,10H2,2H3. The van der Waals surface area contributed by atoms with Gasteiger partial charge in [0.25, 0.3) is 0 Å². The van der Waals surface area contributed by atoms with E-state index < -0.39 is 0 Å². The fraction of sp³-hybridized carbons (Fsp3) is 0.429. The molecule has 94 valence electrons. The number of benzene rings is 1. The molecule has 1 N–H and O–H groups in total. The molecule has 0 amide bonds. The van der Waals surface area contributed by atoms with E-state index in [0.29, 0.717) is 6.42 Å².